The van der Waals surface area contributed by atoms with E-state index in [1.165, 1.54) is 6.08 Å². The van der Waals surface area contributed by atoms with Crippen molar-refractivity contribution in [1.29, 1.82) is 0 Å². The Morgan fingerprint density at radius 2 is 1.96 bits per heavy atom. The number of amides is 2. The highest BCUT2D eigenvalue weighted by atomic mass is 79.9. The number of carbonyl (C=O) groups is 2. The summed E-state index contributed by atoms with van der Waals surface area (Å²) in [6.07, 6.45) is 2.84. The van der Waals surface area contributed by atoms with Gasteiger partial charge in [-0.15, -0.1) is 0 Å². The maximum absolute atomic E-state index is 11.7. The molecular weight excluding hydrogens is 408 g/mol. The molecule has 2 aromatic carbocycles. The monoisotopic (exact) mass is 422 g/mol. The summed E-state index contributed by atoms with van der Waals surface area (Å²) in [5.74, 6) is -0.381. The number of hydrazine groups is 1. The molecule has 0 fully saturated rings. The van der Waals surface area contributed by atoms with Crippen molar-refractivity contribution >= 4 is 45.4 Å². The van der Waals surface area contributed by atoms with Crippen molar-refractivity contribution in [2.45, 2.75) is 6.92 Å². The first-order valence-corrected chi connectivity index (χ1v) is 8.53. The Morgan fingerprint density at radius 1 is 1.20 bits per heavy atom. The van der Waals surface area contributed by atoms with Gasteiger partial charge < -0.3 is 4.74 Å². The number of hydrogen-bond acceptors (Lipinski definition) is 3. The Morgan fingerprint density at radius 3 is 2.68 bits per heavy atom. The molecule has 2 amide bonds. The zero-order chi connectivity index (χ0) is 18.2. The number of ether oxygens (including phenoxy) is 1. The highest BCUT2D eigenvalue weighted by Gasteiger charge is 2.05. The van der Waals surface area contributed by atoms with Crippen LogP contribution in [0.4, 0.5) is 0 Å². The molecule has 0 spiro atoms. The van der Waals surface area contributed by atoms with Crippen LogP contribution in [0.25, 0.3) is 6.08 Å². The van der Waals surface area contributed by atoms with Crippen LogP contribution in [-0.4, -0.2) is 18.4 Å². The molecule has 25 heavy (non-hydrogen) atoms. The third-order valence-corrected chi connectivity index (χ3v) is 4.38. The first kappa shape index (κ1) is 19.0. The number of nitrogens with one attached hydrogen (secondary N) is 2. The minimum Gasteiger partial charge on any atom is -0.484 e. The van der Waals surface area contributed by atoms with Gasteiger partial charge in [0.15, 0.2) is 6.61 Å². The van der Waals surface area contributed by atoms with Crippen LogP contribution in [0.1, 0.15) is 11.1 Å². The van der Waals surface area contributed by atoms with Crippen molar-refractivity contribution in [3.05, 3.63) is 69.2 Å². The van der Waals surface area contributed by atoms with E-state index in [2.05, 4.69) is 26.8 Å². The van der Waals surface area contributed by atoms with E-state index in [1.807, 2.05) is 25.1 Å². The van der Waals surface area contributed by atoms with Gasteiger partial charge in [-0.05, 0) is 48.4 Å². The summed E-state index contributed by atoms with van der Waals surface area (Å²) in [4.78, 5) is 23.4. The molecular formula is C18H16BrClN2O3. The van der Waals surface area contributed by atoms with E-state index in [0.29, 0.717) is 16.3 Å². The van der Waals surface area contributed by atoms with E-state index < -0.39 is 11.8 Å². The Bertz CT molecular complexity index is 809. The van der Waals surface area contributed by atoms with Gasteiger partial charge in [-0.2, -0.15) is 0 Å². The Kier molecular flexibility index (Phi) is 7.03. The van der Waals surface area contributed by atoms with E-state index in [0.717, 1.165) is 10.0 Å². The maximum Gasteiger partial charge on any atom is 0.276 e. The fourth-order valence-electron chi connectivity index (χ4n) is 1.84. The lowest BCUT2D eigenvalue weighted by atomic mass is 10.2. The van der Waals surface area contributed by atoms with Crippen LogP contribution in [0, 0.1) is 6.92 Å². The van der Waals surface area contributed by atoms with E-state index in [9.17, 15) is 9.59 Å². The fraction of sp³-hybridized carbons (Fsp3) is 0.111. The largest absolute Gasteiger partial charge is 0.484 e. The first-order chi connectivity index (χ1) is 12.0. The summed E-state index contributed by atoms with van der Waals surface area (Å²) in [5.41, 5.74) is 6.25. The van der Waals surface area contributed by atoms with Crippen molar-refractivity contribution in [2.24, 2.45) is 0 Å². The summed E-state index contributed by atoms with van der Waals surface area (Å²) in [6, 6.07) is 12.5. The lowest BCUT2D eigenvalue weighted by Gasteiger charge is -2.08. The maximum atomic E-state index is 11.7. The molecule has 0 saturated carbocycles. The van der Waals surface area contributed by atoms with E-state index in [4.69, 9.17) is 16.3 Å². The van der Waals surface area contributed by atoms with Crippen LogP contribution in [0.15, 0.2) is 53.0 Å². The molecule has 0 aliphatic rings. The van der Waals surface area contributed by atoms with Crippen LogP contribution in [0.3, 0.4) is 0 Å². The van der Waals surface area contributed by atoms with Gasteiger partial charge in [0, 0.05) is 15.6 Å². The van der Waals surface area contributed by atoms with Gasteiger partial charge in [0.05, 0.1) is 0 Å². The molecule has 130 valence electrons. The predicted molar refractivity (Wildman–Crippen MR) is 101 cm³/mol. The second kappa shape index (κ2) is 9.25. The van der Waals surface area contributed by atoms with Gasteiger partial charge in [-0.1, -0.05) is 45.7 Å². The predicted octanol–water partition coefficient (Wildman–Crippen LogP) is 3.65. The van der Waals surface area contributed by atoms with Crippen molar-refractivity contribution in [3.8, 4) is 5.75 Å². The molecule has 0 aliphatic heterocycles. The van der Waals surface area contributed by atoms with Gasteiger partial charge in [-0.25, -0.2) is 0 Å². The Labute approximate surface area is 159 Å². The molecule has 0 saturated heterocycles. The van der Waals surface area contributed by atoms with Gasteiger partial charge in [0.25, 0.3) is 11.8 Å². The fourth-order valence-corrected chi connectivity index (χ4v) is 2.29. The molecule has 2 N–H and O–H groups in total. The smallest absolute Gasteiger partial charge is 0.276 e. The van der Waals surface area contributed by atoms with Crippen molar-refractivity contribution < 1.29 is 14.3 Å². The summed E-state index contributed by atoms with van der Waals surface area (Å²) >= 11 is 9.37. The number of benzene rings is 2. The number of carbonyl (C=O) groups excluding carboxylic acids is 2. The molecule has 0 aliphatic carbocycles. The van der Waals surface area contributed by atoms with Crippen molar-refractivity contribution in [3.63, 3.8) is 0 Å². The zero-order valence-corrected chi connectivity index (χ0v) is 15.7. The quantitative estimate of drug-likeness (QED) is 0.570. The van der Waals surface area contributed by atoms with E-state index in [-0.39, 0.29) is 6.61 Å². The summed E-state index contributed by atoms with van der Waals surface area (Å²) in [5, 5.41) is 0.536. The SMILES string of the molecule is Cc1cc(OCC(=O)NNC(=O)/C=C/c2ccccc2Cl)ccc1Br. The molecule has 0 unspecified atom stereocenters. The summed E-state index contributed by atoms with van der Waals surface area (Å²) < 4.78 is 6.32. The third kappa shape index (κ3) is 6.25. The highest BCUT2D eigenvalue weighted by Crippen LogP contribution is 2.21. The third-order valence-electron chi connectivity index (χ3n) is 3.14. The Balaban J connectivity index is 1.76. The number of halogens is 2. The average molecular weight is 424 g/mol. The van der Waals surface area contributed by atoms with Crippen LogP contribution in [0.2, 0.25) is 5.02 Å². The Hall–Kier alpha value is -2.31. The van der Waals surface area contributed by atoms with Gasteiger partial charge in [-0.3, -0.25) is 20.4 Å². The van der Waals surface area contributed by atoms with Crippen LogP contribution in [0.5, 0.6) is 5.75 Å². The van der Waals surface area contributed by atoms with Crippen LogP contribution < -0.4 is 15.6 Å². The van der Waals surface area contributed by atoms with Gasteiger partial charge in [0.1, 0.15) is 5.75 Å². The molecule has 5 nitrogen and oxygen atoms in total. The molecule has 2 rings (SSSR count). The average Bonchev–Trinajstić information content (AvgIpc) is 2.60. The topological polar surface area (TPSA) is 67.4 Å². The first-order valence-electron chi connectivity index (χ1n) is 7.36. The van der Waals surface area contributed by atoms with E-state index in [1.54, 1.807) is 30.3 Å². The molecule has 0 aromatic heterocycles. The lowest BCUT2D eigenvalue weighted by molar-refractivity contribution is -0.128. The number of rotatable bonds is 5. The second-order valence-electron chi connectivity index (χ2n) is 5.09. The molecule has 0 heterocycles. The van der Waals surface area contributed by atoms with Gasteiger partial charge >= 0.3 is 0 Å². The second-order valence-corrected chi connectivity index (χ2v) is 6.35. The lowest BCUT2D eigenvalue weighted by Crippen LogP contribution is -2.43. The minimum absolute atomic E-state index is 0.213. The molecule has 0 bridgehead atoms. The van der Waals surface area contributed by atoms with Gasteiger partial charge in [0.2, 0.25) is 0 Å². The summed E-state index contributed by atoms with van der Waals surface area (Å²) in [7, 11) is 0. The highest BCUT2D eigenvalue weighted by molar-refractivity contribution is 9.10. The van der Waals surface area contributed by atoms with E-state index >= 15 is 0 Å². The molecule has 2 aromatic rings. The zero-order valence-electron chi connectivity index (χ0n) is 13.4. The molecule has 0 atom stereocenters. The number of aryl methyl sites for hydroxylation is 1. The standard InChI is InChI=1S/C18H16BrClN2O3/c1-12-10-14(7-8-15(12)19)25-11-18(24)22-21-17(23)9-6-13-4-2-3-5-16(13)20/h2-10H,11H2,1H3,(H,21,23)(H,22,24)/b9-6+. The number of hydrogen-bond donors (Lipinski definition) is 2. The van der Waals surface area contributed by atoms with Crippen LogP contribution >= 0.6 is 27.5 Å². The normalized spacial score (nSPS) is 10.5. The van der Waals surface area contributed by atoms with Crippen LogP contribution in [-0.2, 0) is 9.59 Å². The molecule has 7 heteroatoms. The summed E-state index contributed by atoms with van der Waals surface area (Å²) in [6.45, 7) is 1.71. The molecule has 0 radical (unpaired) electrons. The van der Waals surface area contributed by atoms with Crippen molar-refractivity contribution in [2.75, 3.05) is 6.61 Å². The minimum atomic E-state index is -0.479. The van der Waals surface area contributed by atoms with Crippen molar-refractivity contribution in [1.82, 2.24) is 10.9 Å².